The summed E-state index contributed by atoms with van der Waals surface area (Å²) in [6, 6.07) is 50.8. The summed E-state index contributed by atoms with van der Waals surface area (Å²) in [5.41, 5.74) is 15.9. The van der Waals surface area contributed by atoms with E-state index in [9.17, 15) is 0 Å². The van der Waals surface area contributed by atoms with Crippen molar-refractivity contribution in [1.29, 1.82) is 0 Å². The highest BCUT2D eigenvalue weighted by Gasteiger charge is 2.29. The molecule has 1 aliphatic heterocycles. The molecule has 0 aliphatic carbocycles. The number of anilines is 1. The molecule has 47 heavy (non-hydrogen) atoms. The van der Waals surface area contributed by atoms with Gasteiger partial charge in [0.25, 0.3) is 0 Å². The molecule has 8 rings (SSSR count). The minimum Gasteiger partial charge on any atom is -0.440 e. The number of nitrogens with two attached hydrogens (primary N) is 1. The second-order valence-corrected chi connectivity index (χ2v) is 11.8. The van der Waals surface area contributed by atoms with Crippen LogP contribution in [0.5, 0.6) is 0 Å². The van der Waals surface area contributed by atoms with Gasteiger partial charge in [-0.15, -0.1) is 0 Å². The zero-order chi connectivity index (χ0) is 31.7. The fourth-order valence-corrected chi connectivity index (χ4v) is 6.51. The van der Waals surface area contributed by atoms with Crippen LogP contribution in [-0.4, -0.2) is 5.84 Å². The first-order valence-corrected chi connectivity index (χ1v) is 15.9. The van der Waals surface area contributed by atoms with Crippen LogP contribution in [-0.2, 0) is 0 Å². The van der Waals surface area contributed by atoms with E-state index in [0.717, 1.165) is 44.6 Å². The van der Waals surface area contributed by atoms with Crippen LogP contribution in [0.3, 0.4) is 0 Å². The minimum atomic E-state index is -0.299. The molecule has 1 aromatic heterocycles. The monoisotopic (exact) mass is 610 g/mol. The van der Waals surface area contributed by atoms with Gasteiger partial charge in [-0.1, -0.05) is 140 Å². The van der Waals surface area contributed by atoms with E-state index in [1.807, 2.05) is 37.3 Å². The highest BCUT2D eigenvalue weighted by molar-refractivity contribution is 6.27. The van der Waals surface area contributed by atoms with Crippen molar-refractivity contribution in [3.05, 3.63) is 168 Å². The van der Waals surface area contributed by atoms with E-state index in [4.69, 9.17) is 15.1 Å². The number of nitrogens with one attached hydrogen (secondary N) is 2. The summed E-state index contributed by atoms with van der Waals surface area (Å²) in [5.74, 6) is 1.14. The Morgan fingerprint density at radius 2 is 1.26 bits per heavy atom. The normalized spacial score (nSPS) is 16.6. The van der Waals surface area contributed by atoms with Crippen LogP contribution in [0.4, 0.5) is 5.88 Å². The Morgan fingerprint density at radius 1 is 0.660 bits per heavy atom. The summed E-state index contributed by atoms with van der Waals surface area (Å²) < 4.78 is 5.97. The van der Waals surface area contributed by atoms with Gasteiger partial charge in [-0.2, -0.15) is 0 Å². The predicted molar refractivity (Wildman–Crippen MR) is 195 cm³/mol. The number of aliphatic imine (C=N–C) groups is 1. The molecule has 4 N–H and O–H groups in total. The van der Waals surface area contributed by atoms with E-state index in [1.165, 1.54) is 27.5 Å². The Labute approximate surface area is 274 Å². The Hall–Kier alpha value is -5.91. The first-order valence-electron chi connectivity index (χ1n) is 15.9. The number of para-hydroxylation sites is 1. The number of amidine groups is 1. The van der Waals surface area contributed by atoms with Gasteiger partial charge in [0.15, 0.2) is 5.88 Å². The quantitative estimate of drug-likeness (QED) is 0.175. The zero-order valence-corrected chi connectivity index (χ0v) is 26.0. The molecule has 0 saturated heterocycles. The summed E-state index contributed by atoms with van der Waals surface area (Å²) in [6.45, 7) is 2.01. The molecule has 0 spiro atoms. The first-order chi connectivity index (χ1) is 23.1. The van der Waals surface area contributed by atoms with Crippen molar-refractivity contribution >= 4 is 39.0 Å². The van der Waals surface area contributed by atoms with Crippen LogP contribution in [0.1, 0.15) is 35.9 Å². The maximum absolute atomic E-state index is 6.50. The zero-order valence-electron chi connectivity index (χ0n) is 26.0. The second-order valence-electron chi connectivity index (χ2n) is 11.8. The van der Waals surface area contributed by atoms with Crippen molar-refractivity contribution in [2.75, 3.05) is 5.73 Å². The van der Waals surface area contributed by atoms with E-state index in [-0.39, 0.29) is 12.3 Å². The number of rotatable bonds is 6. The molecule has 0 fully saturated rings. The number of benzene rings is 6. The summed E-state index contributed by atoms with van der Waals surface area (Å²) in [5, 5.41) is 10.8. The molecule has 6 aromatic carbocycles. The lowest BCUT2D eigenvalue weighted by atomic mass is 9.98. The fourth-order valence-electron chi connectivity index (χ4n) is 6.51. The van der Waals surface area contributed by atoms with Crippen LogP contribution in [0.2, 0.25) is 0 Å². The largest absolute Gasteiger partial charge is 0.440 e. The van der Waals surface area contributed by atoms with Crippen molar-refractivity contribution in [1.82, 2.24) is 10.6 Å². The average Bonchev–Trinajstić information content (AvgIpc) is 3.47. The molecule has 0 saturated carbocycles. The van der Waals surface area contributed by atoms with Crippen LogP contribution in [0.25, 0.3) is 49.6 Å². The van der Waals surface area contributed by atoms with Crippen molar-refractivity contribution in [2.45, 2.75) is 19.3 Å². The number of fused-ring (bicyclic) bond motifs is 2. The molecular formula is C42H34N4O. The molecule has 5 nitrogen and oxygen atoms in total. The lowest BCUT2D eigenvalue weighted by molar-refractivity contribution is 0.410. The minimum absolute atomic E-state index is 0.198. The van der Waals surface area contributed by atoms with Crippen molar-refractivity contribution in [3.63, 3.8) is 0 Å². The molecule has 2 unspecified atom stereocenters. The van der Waals surface area contributed by atoms with E-state index in [0.29, 0.717) is 5.88 Å². The average molecular weight is 611 g/mol. The Balaban J connectivity index is 1.16. The topological polar surface area (TPSA) is 75.6 Å². The Bertz CT molecular complexity index is 2270. The van der Waals surface area contributed by atoms with Crippen LogP contribution in [0.15, 0.2) is 161 Å². The highest BCUT2D eigenvalue weighted by atomic mass is 16.3. The summed E-state index contributed by atoms with van der Waals surface area (Å²) >= 11 is 0. The molecule has 2 atom stereocenters. The number of hydrogen-bond donors (Lipinski definition) is 3. The van der Waals surface area contributed by atoms with Crippen LogP contribution >= 0.6 is 0 Å². The summed E-state index contributed by atoms with van der Waals surface area (Å²) in [7, 11) is 0. The molecule has 0 bridgehead atoms. The molecule has 0 amide bonds. The number of hydrogen-bond acceptors (Lipinski definition) is 5. The highest BCUT2D eigenvalue weighted by Crippen LogP contribution is 2.37. The lowest BCUT2D eigenvalue weighted by Crippen LogP contribution is -2.45. The third kappa shape index (κ3) is 5.47. The fraction of sp³-hybridized carbons (Fsp3) is 0.0714. The van der Waals surface area contributed by atoms with Gasteiger partial charge in [0.05, 0.1) is 5.56 Å². The van der Waals surface area contributed by atoms with E-state index in [1.54, 1.807) is 0 Å². The third-order valence-electron chi connectivity index (χ3n) is 8.96. The Morgan fingerprint density at radius 3 is 1.98 bits per heavy atom. The second kappa shape index (κ2) is 12.1. The molecule has 228 valence electrons. The number of nitrogens with zero attached hydrogens (tertiary/aromatic N) is 1. The van der Waals surface area contributed by atoms with Crippen LogP contribution < -0.4 is 16.4 Å². The van der Waals surface area contributed by atoms with Gasteiger partial charge in [0.1, 0.15) is 23.8 Å². The number of allylic oxidation sites excluding steroid dienone is 1. The molecule has 2 heterocycles. The third-order valence-corrected chi connectivity index (χ3v) is 8.96. The summed E-state index contributed by atoms with van der Waals surface area (Å²) in [6.07, 6.45) is 1.56. The lowest BCUT2D eigenvalue weighted by Gasteiger charge is -2.33. The van der Waals surface area contributed by atoms with Crippen molar-refractivity contribution < 1.29 is 4.42 Å². The molecular weight excluding hydrogens is 576 g/mol. The molecule has 1 aliphatic rings. The summed E-state index contributed by atoms with van der Waals surface area (Å²) in [4.78, 5) is 5.24. The van der Waals surface area contributed by atoms with Gasteiger partial charge in [0, 0.05) is 11.0 Å². The smallest absolute Gasteiger partial charge is 0.199 e. The maximum Gasteiger partial charge on any atom is 0.199 e. The molecule has 5 heteroatoms. The SMILES string of the molecule is C/C=C(/C1=NC(c2ccc(-c3ccc(-c4ccccc4)cc3)cc2)NC(c2ccc3ccccc3c2)N1)c1c(N)oc2ccccc12. The molecule has 7 aromatic rings. The van der Waals surface area contributed by atoms with Crippen molar-refractivity contribution in [2.24, 2.45) is 4.99 Å². The van der Waals surface area contributed by atoms with E-state index in [2.05, 4.69) is 132 Å². The Kier molecular flexibility index (Phi) is 7.36. The predicted octanol–water partition coefficient (Wildman–Crippen LogP) is 9.89. The van der Waals surface area contributed by atoms with Gasteiger partial charge in [-0.3, -0.25) is 5.32 Å². The maximum atomic E-state index is 6.50. The van der Waals surface area contributed by atoms with E-state index < -0.39 is 0 Å². The van der Waals surface area contributed by atoms with Gasteiger partial charge < -0.3 is 15.5 Å². The van der Waals surface area contributed by atoms with Gasteiger partial charge in [0.2, 0.25) is 0 Å². The standard InChI is InChI=1S/C42H34N4O/c1-2-35(38-36-14-8-9-15-37(36)47-39(38)43)42-45-40(44-41(46-42)34-25-22-28-12-6-7-13-33(28)26-34)32-23-20-31(21-24-32)30-18-16-29(17-19-30)27-10-4-3-5-11-27/h2-26,40-41,44H,43H2,1H3,(H,45,46)/b35-2+. The van der Waals surface area contributed by atoms with Gasteiger partial charge >= 0.3 is 0 Å². The number of furan rings is 1. The number of nitrogen functional groups attached to an aromatic ring is 1. The van der Waals surface area contributed by atoms with Gasteiger partial charge in [-0.25, -0.2) is 4.99 Å². The van der Waals surface area contributed by atoms with Gasteiger partial charge in [-0.05, 0) is 63.2 Å². The van der Waals surface area contributed by atoms with Crippen molar-refractivity contribution in [3.8, 4) is 22.3 Å². The van der Waals surface area contributed by atoms with E-state index >= 15 is 0 Å². The molecule has 0 radical (unpaired) electrons. The first kappa shape index (κ1) is 28.6. The van der Waals surface area contributed by atoms with Crippen LogP contribution in [0, 0.1) is 0 Å².